The first kappa shape index (κ1) is 14.8. The number of nitrogens with zero attached hydrogens (tertiary/aromatic N) is 1. The molecule has 2 aliphatic rings. The number of carbonyl (C=O) groups is 1. The van der Waals surface area contributed by atoms with E-state index in [1.165, 1.54) is 24.6 Å². The molecule has 1 amide bonds. The van der Waals surface area contributed by atoms with E-state index >= 15 is 0 Å². The third-order valence-electron chi connectivity index (χ3n) is 5.64. The van der Waals surface area contributed by atoms with Gasteiger partial charge in [0.25, 0.3) is 0 Å². The minimum Gasteiger partial charge on any atom is -0.358 e. The normalized spacial score (nSPS) is 28.0. The van der Waals surface area contributed by atoms with E-state index in [0.717, 1.165) is 24.1 Å². The Balaban J connectivity index is 1.38. The van der Waals surface area contributed by atoms with Crippen LogP contribution in [0.5, 0.6) is 0 Å². The summed E-state index contributed by atoms with van der Waals surface area (Å²) in [6.07, 6.45) is 6.55. The van der Waals surface area contributed by atoms with Gasteiger partial charge in [0.1, 0.15) is 0 Å². The number of rotatable bonds is 3. The van der Waals surface area contributed by atoms with Crippen LogP contribution in [0.3, 0.4) is 0 Å². The van der Waals surface area contributed by atoms with Crippen LogP contribution in [-0.4, -0.2) is 41.0 Å². The predicted octanol–water partition coefficient (Wildman–Crippen LogP) is 2.84. The van der Waals surface area contributed by atoms with Crippen molar-refractivity contribution in [3.8, 4) is 0 Å². The minimum atomic E-state index is 0.143. The molecule has 2 saturated heterocycles. The largest absolute Gasteiger partial charge is 0.358 e. The summed E-state index contributed by atoms with van der Waals surface area (Å²) in [5, 5.41) is 4.45. The molecule has 23 heavy (non-hydrogen) atoms. The lowest BCUT2D eigenvalue weighted by Gasteiger charge is -2.47. The van der Waals surface area contributed by atoms with Crippen molar-refractivity contribution in [2.75, 3.05) is 7.05 Å². The lowest BCUT2D eigenvalue weighted by molar-refractivity contribution is -0.122. The molecule has 2 aliphatic heterocycles. The molecular formula is C19H25N3O. The van der Waals surface area contributed by atoms with E-state index in [1.54, 1.807) is 0 Å². The molecule has 3 heterocycles. The number of benzene rings is 1. The molecule has 122 valence electrons. The Morgan fingerprint density at radius 1 is 1.26 bits per heavy atom. The SMILES string of the molecule is CN1C2CCCC1CC(NC(=O)Cc1cc3ccccc3[nH]1)C2. The quantitative estimate of drug-likeness (QED) is 0.916. The smallest absolute Gasteiger partial charge is 0.226 e. The summed E-state index contributed by atoms with van der Waals surface area (Å²) < 4.78 is 0. The molecule has 0 radical (unpaired) electrons. The first-order valence-corrected chi connectivity index (χ1v) is 8.77. The van der Waals surface area contributed by atoms with Gasteiger partial charge in [-0.2, -0.15) is 0 Å². The van der Waals surface area contributed by atoms with Crippen molar-refractivity contribution >= 4 is 16.8 Å². The molecule has 2 fully saturated rings. The number of hydrogen-bond acceptors (Lipinski definition) is 2. The third-order valence-corrected chi connectivity index (χ3v) is 5.64. The molecule has 2 N–H and O–H groups in total. The molecule has 0 aliphatic carbocycles. The van der Waals surface area contributed by atoms with Crippen LogP contribution in [0.25, 0.3) is 10.9 Å². The van der Waals surface area contributed by atoms with Crippen molar-refractivity contribution in [1.82, 2.24) is 15.2 Å². The molecule has 2 atom stereocenters. The number of nitrogens with one attached hydrogen (secondary N) is 2. The number of aromatic nitrogens is 1. The molecule has 4 heteroatoms. The summed E-state index contributed by atoms with van der Waals surface area (Å²) in [6.45, 7) is 0. The maximum absolute atomic E-state index is 12.4. The first-order chi connectivity index (χ1) is 11.2. The molecule has 2 unspecified atom stereocenters. The van der Waals surface area contributed by atoms with Crippen molar-refractivity contribution in [2.45, 2.75) is 56.7 Å². The van der Waals surface area contributed by atoms with E-state index in [2.05, 4.69) is 40.4 Å². The Morgan fingerprint density at radius 2 is 2.00 bits per heavy atom. The van der Waals surface area contributed by atoms with Crippen LogP contribution in [0.2, 0.25) is 0 Å². The highest BCUT2D eigenvalue weighted by Crippen LogP contribution is 2.32. The number of aromatic amines is 1. The number of hydrogen-bond donors (Lipinski definition) is 2. The monoisotopic (exact) mass is 311 g/mol. The van der Waals surface area contributed by atoms with Gasteiger partial charge in [-0.3, -0.25) is 4.79 Å². The van der Waals surface area contributed by atoms with Crippen LogP contribution in [0.1, 0.15) is 37.8 Å². The van der Waals surface area contributed by atoms with Gasteiger partial charge in [-0.1, -0.05) is 24.6 Å². The van der Waals surface area contributed by atoms with Gasteiger partial charge >= 0.3 is 0 Å². The van der Waals surface area contributed by atoms with Gasteiger partial charge in [-0.05, 0) is 50.2 Å². The molecule has 1 aromatic carbocycles. The fourth-order valence-corrected chi connectivity index (χ4v) is 4.41. The van der Waals surface area contributed by atoms with E-state index in [-0.39, 0.29) is 5.91 Å². The van der Waals surface area contributed by atoms with E-state index in [1.807, 2.05) is 12.1 Å². The third kappa shape index (κ3) is 3.00. The van der Waals surface area contributed by atoms with E-state index in [0.29, 0.717) is 24.5 Å². The zero-order valence-corrected chi connectivity index (χ0v) is 13.7. The van der Waals surface area contributed by atoms with Gasteiger partial charge in [-0.15, -0.1) is 0 Å². The number of H-pyrrole nitrogens is 1. The number of carbonyl (C=O) groups excluding carboxylic acids is 1. The summed E-state index contributed by atoms with van der Waals surface area (Å²) in [6, 6.07) is 11.9. The fourth-order valence-electron chi connectivity index (χ4n) is 4.41. The second-order valence-corrected chi connectivity index (χ2v) is 7.20. The summed E-state index contributed by atoms with van der Waals surface area (Å²) in [7, 11) is 2.25. The zero-order valence-electron chi connectivity index (χ0n) is 13.7. The average Bonchev–Trinajstić information content (AvgIpc) is 2.90. The molecule has 2 bridgehead atoms. The molecule has 0 saturated carbocycles. The second-order valence-electron chi connectivity index (χ2n) is 7.20. The molecule has 4 nitrogen and oxygen atoms in total. The first-order valence-electron chi connectivity index (χ1n) is 8.77. The lowest BCUT2D eigenvalue weighted by atomic mass is 9.82. The molecule has 4 rings (SSSR count). The maximum atomic E-state index is 12.4. The highest BCUT2D eigenvalue weighted by molar-refractivity contribution is 5.84. The minimum absolute atomic E-state index is 0.143. The van der Waals surface area contributed by atoms with Gasteiger partial charge in [0.2, 0.25) is 5.91 Å². The summed E-state index contributed by atoms with van der Waals surface area (Å²) in [5.74, 6) is 0.143. The van der Waals surface area contributed by atoms with Crippen LogP contribution in [-0.2, 0) is 11.2 Å². The van der Waals surface area contributed by atoms with Crippen molar-refractivity contribution in [3.63, 3.8) is 0 Å². The number of amides is 1. The van der Waals surface area contributed by atoms with Crippen LogP contribution in [0.4, 0.5) is 0 Å². The summed E-state index contributed by atoms with van der Waals surface area (Å²) >= 11 is 0. The Hall–Kier alpha value is -1.81. The average molecular weight is 311 g/mol. The van der Waals surface area contributed by atoms with Gasteiger partial charge in [0.05, 0.1) is 6.42 Å². The van der Waals surface area contributed by atoms with Crippen LogP contribution in [0.15, 0.2) is 30.3 Å². The topological polar surface area (TPSA) is 48.1 Å². The number of fused-ring (bicyclic) bond motifs is 3. The fraction of sp³-hybridized carbons (Fsp3) is 0.526. The standard InChI is InChI=1S/C19H25N3O/c1-22-16-6-4-7-17(22)11-15(10-16)21-19(23)12-14-9-13-5-2-3-8-18(13)20-14/h2-3,5,8-9,15-17,20H,4,6-7,10-12H2,1H3,(H,21,23). The van der Waals surface area contributed by atoms with Crippen molar-refractivity contribution in [1.29, 1.82) is 0 Å². The lowest BCUT2D eigenvalue weighted by Crippen LogP contribution is -2.55. The van der Waals surface area contributed by atoms with Crippen LogP contribution < -0.4 is 5.32 Å². The molecule has 1 aromatic heterocycles. The number of piperidine rings is 2. The summed E-state index contributed by atoms with van der Waals surface area (Å²) in [5.41, 5.74) is 2.10. The van der Waals surface area contributed by atoms with E-state index in [4.69, 9.17) is 0 Å². The van der Waals surface area contributed by atoms with Crippen LogP contribution in [0, 0.1) is 0 Å². The van der Waals surface area contributed by atoms with E-state index < -0.39 is 0 Å². The van der Waals surface area contributed by atoms with Crippen molar-refractivity contribution in [2.24, 2.45) is 0 Å². The van der Waals surface area contributed by atoms with Gasteiger partial charge < -0.3 is 15.2 Å². The van der Waals surface area contributed by atoms with Gasteiger partial charge in [0.15, 0.2) is 0 Å². The Bertz CT molecular complexity index is 660. The predicted molar refractivity (Wildman–Crippen MR) is 92.4 cm³/mol. The van der Waals surface area contributed by atoms with Gasteiger partial charge in [-0.25, -0.2) is 0 Å². The van der Waals surface area contributed by atoms with E-state index in [9.17, 15) is 4.79 Å². The molecule has 0 spiro atoms. The van der Waals surface area contributed by atoms with Gasteiger partial charge in [0, 0.05) is 29.3 Å². The number of para-hydroxylation sites is 1. The zero-order chi connectivity index (χ0) is 15.8. The highest BCUT2D eigenvalue weighted by Gasteiger charge is 2.36. The Morgan fingerprint density at radius 3 is 2.74 bits per heavy atom. The maximum Gasteiger partial charge on any atom is 0.226 e. The summed E-state index contributed by atoms with van der Waals surface area (Å²) in [4.78, 5) is 18.3. The van der Waals surface area contributed by atoms with Crippen molar-refractivity contribution in [3.05, 3.63) is 36.0 Å². The molecular weight excluding hydrogens is 286 g/mol. The van der Waals surface area contributed by atoms with Crippen molar-refractivity contribution < 1.29 is 4.79 Å². The second kappa shape index (κ2) is 6.00. The van der Waals surface area contributed by atoms with Crippen LogP contribution >= 0.6 is 0 Å². The highest BCUT2D eigenvalue weighted by atomic mass is 16.1. The Labute approximate surface area is 137 Å². The molecule has 2 aromatic rings. The Kier molecular flexibility index (Phi) is 3.85.